The summed E-state index contributed by atoms with van der Waals surface area (Å²) in [5.41, 5.74) is 1.95. The van der Waals surface area contributed by atoms with Gasteiger partial charge in [0.1, 0.15) is 0 Å². The SMILES string of the molecule is COc1ccc(N(C(=O)NCCCn2cncc2C)C2CC2)cc1OC. The molecule has 1 aromatic carbocycles. The zero-order valence-corrected chi connectivity index (χ0v) is 15.6. The lowest BCUT2D eigenvalue weighted by Crippen LogP contribution is -2.42. The highest BCUT2D eigenvalue weighted by Crippen LogP contribution is 2.36. The number of imidazole rings is 1. The molecule has 3 rings (SSSR count). The Bertz CT molecular complexity index is 755. The molecule has 7 nitrogen and oxygen atoms in total. The normalized spacial score (nSPS) is 13.3. The van der Waals surface area contributed by atoms with Crippen molar-refractivity contribution >= 4 is 11.7 Å². The van der Waals surface area contributed by atoms with Crippen LogP contribution in [-0.2, 0) is 6.54 Å². The van der Waals surface area contributed by atoms with Gasteiger partial charge < -0.3 is 19.4 Å². The lowest BCUT2D eigenvalue weighted by Gasteiger charge is -2.24. The van der Waals surface area contributed by atoms with Crippen LogP contribution >= 0.6 is 0 Å². The van der Waals surface area contributed by atoms with Crippen LogP contribution in [0.4, 0.5) is 10.5 Å². The molecule has 0 atom stereocenters. The predicted molar refractivity (Wildman–Crippen MR) is 100 cm³/mol. The Morgan fingerprint density at radius 2 is 2.08 bits per heavy atom. The maximum absolute atomic E-state index is 12.7. The second-order valence-electron chi connectivity index (χ2n) is 6.45. The van der Waals surface area contributed by atoms with Crippen molar-refractivity contribution in [1.82, 2.24) is 14.9 Å². The summed E-state index contributed by atoms with van der Waals surface area (Å²) >= 11 is 0. The number of carbonyl (C=O) groups is 1. The van der Waals surface area contributed by atoms with Gasteiger partial charge in [0, 0.05) is 42.8 Å². The first-order valence-electron chi connectivity index (χ1n) is 8.90. The molecule has 0 bridgehead atoms. The van der Waals surface area contributed by atoms with Crippen LogP contribution in [0.15, 0.2) is 30.7 Å². The van der Waals surface area contributed by atoms with E-state index in [1.165, 1.54) is 0 Å². The molecule has 0 aliphatic heterocycles. The van der Waals surface area contributed by atoms with E-state index in [1.54, 1.807) is 14.2 Å². The van der Waals surface area contributed by atoms with Gasteiger partial charge in [-0.1, -0.05) is 0 Å². The number of amides is 2. The number of urea groups is 1. The number of ether oxygens (including phenoxy) is 2. The third-order valence-electron chi connectivity index (χ3n) is 4.55. The van der Waals surface area contributed by atoms with E-state index in [9.17, 15) is 4.79 Å². The minimum Gasteiger partial charge on any atom is -0.493 e. The standard InChI is InChI=1S/C19H26N4O3/c1-14-12-20-13-22(14)10-4-9-21-19(24)23(15-5-6-15)16-7-8-17(25-2)18(11-16)26-3/h7-8,11-13,15H,4-6,9-10H2,1-3H3,(H,21,24). The molecule has 1 fully saturated rings. The van der Waals surface area contributed by atoms with Crippen molar-refractivity contribution in [3.05, 3.63) is 36.4 Å². The Morgan fingerprint density at radius 1 is 1.31 bits per heavy atom. The summed E-state index contributed by atoms with van der Waals surface area (Å²) in [7, 11) is 3.20. The number of aryl methyl sites for hydroxylation is 2. The van der Waals surface area contributed by atoms with Crippen molar-refractivity contribution < 1.29 is 14.3 Å². The van der Waals surface area contributed by atoms with Crippen molar-refractivity contribution in [2.24, 2.45) is 0 Å². The van der Waals surface area contributed by atoms with E-state index >= 15 is 0 Å². The van der Waals surface area contributed by atoms with Crippen molar-refractivity contribution in [3.8, 4) is 11.5 Å². The molecule has 1 aliphatic carbocycles. The van der Waals surface area contributed by atoms with Crippen LogP contribution < -0.4 is 19.7 Å². The van der Waals surface area contributed by atoms with Crippen molar-refractivity contribution in [2.75, 3.05) is 25.7 Å². The second-order valence-corrected chi connectivity index (χ2v) is 6.45. The van der Waals surface area contributed by atoms with Gasteiger partial charge in [0.2, 0.25) is 0 Å². The molecule has 2 amide bonds. The average molecular weight is 358 g/mol. The van der Waals surface area contributed by atoms with E-state index in [4.69, 9.17) is 9.47 Å². The number of nitrogens with zero attached hydrogens (tertiary/aromatic N) is 3. The van der Waals surface area contributed by atoms with Crippen LogP contribution in [0.1, 0.15) is 25.0 Å². The van der Waals surface area contributed by atoms with Crippen LogP contribution in [0.2, 0.25) is 0 Å². The third-order valence-corrected chi connectivity index (χ3v) is 4.55. The van der Waals surface area contributed by atoms with Crippen molar-refractivity contribution in [1.29, 1.82) is 0 Å². The minimum atomic E-state index is -0.0675. The van der Waals surface area contributed by atoms with E-state index in [1.807, 2.05) is 42.5 Å². The van der Waals surface area contributed by atoms with Gasteiger partial charge in [0.15, 0.2) is 11.5 Å². The molecule has 1 aromatic heterocycles. The summed E-state index contributed by atoms with van der Waals surface area (Å²) in [5.74, 6) is 1.28. The average Bonchev–Trinajstić information content (AvgIpc) is 3.40. The van der Waals surface area contributed by atoms with Gasteiger partial charge in [-0.05, 0) is 38.3 Å². The van der Waals surface area contributed by atoms with E-state index in [2.05, 4.69) is 14.9 Å². The van der Waals surface area contributed by atoms with Crippen LogP contribution in [0.25, 0.3) is 0 Å². The Morgan fingerprint density at radius 3 is 2.69 bits per heavy atom. The number of benzene rings is 1. The summed E-state index contributed by atoms with van der Waals surface area (Å²) in [5, 5.41) is 3.03. The highest BCUT2D eigenvalue weighted by atomic mass is 16.5. The van der Waals surface area contributed by atoms with Gasteiger partial charge in [-0.15, -0.1) is 0 Å². The first-order valence-corrected chi connectivity index (χ1v) is 8.90. The molecule has 0 unspecified atom stereocenters. The Labute approximate surface area is 153 Å². The predicted octanol–water partition coefficient (Wildman–Crippen LogP) is 2.98. The Kier molecular flexibility index (Phi) is 5.65. The van der Waals surface area contributed by atoms with Gasteiger partial charge in [0.25, 0.3) is 0 Å². The number of hydrogen-bond acceptors (Lipinski definition) is 4. The Hall–Kier alpha value is -2.70. The second kappa shape index (κ2) is 8.12. The zero-order valence-electron chi connectivity index (χ0n) is 15.6. The first-order chi connectivity index (χ1) is 12.6. The molecule has 0 saturated heterocycles. The topological polar surface area (TPSA) is 68.6 Å². The fourth-order valence-electron chi connectivity index (χ4n) is 2.95. The number of rotatable bonds is 8. The van der Waals surface area contributed by atoms with Crippen molar-refractivity contribution in [3.63, 3.8) is 0 Å². The molecule has 7 heteroatoms. The van der Waals surface area contributed by atoms with Gasteiger partial charge >= 0.3 is 6.03 Å². The number of nitrogens with one attached hydrogen (secondary N) is 1. The van der Waals surface area contributed by atoms with Crippen LogP contribution in [-0.4, -0.2) is 42.4 Å². The van der Waals surface area contributed by atoms with E-state index in [0.717, 1.165) is 37.2 Å². The van der Waals surface area contributed by atoms with Gasteiger partial charge in [-0.25, -0.2) is 9.78 Å². The fraction of sp³-hybridized carbons (Fsp3) is 0.474. The van der Waals surface area contributed by atoms with Gasteiger partial charge in [-0.3, -0.25) is 4.90 Å². The Balaban J connectivity index is 1.61. The van der Waals surface area contributed by atoms with E-state index in [0.29, 0.717) is 18.0 Å². The lowest BCUT2D eigenvalue weighted by atomic mass is 10.2. The number of hydrogen-bond donors (Lipinski definition) is 1. The number of methoxy groups -OCH3 is 2. The number of anilines is 1. The monoisotopic (exact) mass is 358 g/mol. The molecular weight excluding hydrogens is 332 g/mol. The summed E-state index contributed by atoms with van der Waals surface area (Å²) < 4.78 is 12.7. The zero-order chi connectivity index (χ0) is 18.5. The van der Waals surface area contributed by atoms with Crippen LogP contribution in [0.5, 0.6) is 11.5 Å². The molecule has 26 heavy (non-hydrogen) atoms. The number of aromatic nitrogens is 2. The molecular formula is C19H26N4O3. The number of carbonyl (C=O) groups excluding carboxylic acids is 1. The summed E-state index contributed by atoms with van der Waals surface area (Å²) in [4.78, 5) is 18.7. The van der Waals surface area contributed by atoms with E-state index < -0.39 is 0 Å². The van der Waals surface area contributed by atoms with Gasteiger partial charge in [0.05, 0.1) is 20.5 Å². The molecule has 1 saturated carbocycles. The van der Waals surface area contributed by atoms with Gasteiger partial charge in [-0.2, -0.15) is 0 Å². The molecule has 1 heterocycles. The smallest absolute Gasteiger partial charge is 0.322 e. The first kappa shape index (κ1) is 18.1. The summed E-state index contributed by atoms with van der Waals surface area (Å²) in [6, 6.07) is 5.77. The highest BCUT2D eigenvalue weighted by molar-refractivity contribution is 5.93. The fourth-order valence-corrected chi connectivity index (χ4v) is 2.95. The third kappa shape index (κ3) is 4.09. The summed E-state index contributed by atoms with van der Waals surface area (Å²) in [6.45, 7) is 3.48. The maximum Gasteiger partial charge on any atom is 0.322 e. The molecule has 0 radical (unpaired) electrons. The van der Waals surface area contributed by atoms with Crippen molar-refractivity contribution in [2.45, 2.75) is 38.8 Å². The largest absolute Gasteiger partial charge is 0.493 e. The molecule has 1 aliphatic rings. The molecule has 140 valence electrons. The maximum atomic E-state index is 12.7. The molecule has 2 aromatic rings. The van der Waals surface area contributed by atoms with E-state index in [-0.39, 0.29) is 12.1 Å². The molecule has 1 N–H and O–H groups in total. The quantitative estimate of drug-likeness (QED) is 0.737. The summed E-state index contributed by atoms with van der Waals surface area (Å²) in [6.07, 6.45) is 6.56. The van der Waals surface area contributed by atoms with Crippen LogP contribution in [0, 0.1) is 6.92 Å². The minimum absolute atomic E-state index is 0.0675. The highest BCUT2D eigenvalue weighted by Gasteiger charge is 2.34. The lowest BCUT2D eigenvalue weighted by molar-refractivity contribution is 0.245. The molecule has 0 spiro atoms. The van der Waals surface area contributed by atoms with Crippen LogP contribution in [0.3, 0.4) is 0 Å².